The quantitative estimate of drug-likeness (QED) is 0.786. The molecule has 16 heavy (non-hydrogen) atoms. The third-order valence-electron chi connectivity index (χ3n) is 3.00. The molecule has 0 bridgehead atoms. The van der Waals surface area contributed by atoms with Crippen LogP contribution in [0, 0.1) is 0 Å². The van der Waals surface area contributed by atoms with E-state index in [0.717, 1.165) is 5.56 Å². The van der Waals surface area contributed by atoms with Gasteiger partial charge in [0, 0.05) is 26.1 Å². The first-order chi connectivity index (χ1) is 7.81. The minimum atomic E-state index is -0.814. The Morgan fingerprint density at radius 1 is 0.875 bits per heavy atom. The minimum absolute atomic E-state index is 0.578. The van der Waals surface area contributed by atoms with Crippen LogP contribution in [0.4, 0.5) is 0 Å². The monoisotopic (exact) mass is 222 g/mol. The average molecular weight is 222 g/mol. The zero-order valence-electron chi connectivity index (χ0n) is 9.39. The van der Waals surface area contributed by atoms with Gasteiger partial charge in [0.2, 0.25) is 0 Å². The van der Waals surface area contributed by atoms with Crippen molar-refractivity contribution in [2.24, 2.45) is 0 Å². The normalized spacial score (nSPS) is 21.8. The molecule has 0 aliphatic carbocycles. The molecule has 1 saturated heterocycles. The van der Waals surface area contributed by atoms with E-state index in [1.54, 1.807) is 0 Å². The van der Waals surface area contributed by atoms with Gasteiger partial charge >= 0.3 is 0 Å². The van der Waals surface area contributed by atoms with Gasteiger partial charge in [0.05, 0.1) is 18.8 Å². The fourth-order valence-corrected chi connectivity index (χ4v) is 1.97. The Morgan fingerprint density at radius 2 is 1.44 bits per heavy atom. The third-order valence-corrected chi connectivity index (χ3v) is 3.00. The highest BCUT2D eigenvalue weighted by Gasteiger charge is 2.29. The maximum absolute atomic E-state index is 10.6. The van der Waals surface area contributed by atoms with Gasteiger partial charge in [0.1, 0.15) is 0 Å². The van der Waals surface area contributed by atoms with Gasteiger partial charge in [-0.2, -0.15) is 0 Å². The number of ether oxygens (including phenoxy) is 2. The third kappa shape index (κ3) is 2.82. The number of hydrogen-bond donors (Lipinski definition) is 1. The van der Waals surface area contributed by atoms with Crippen LogP contribution in [-0.4, -0.2) is 31.5 Å². The molecule has 3 nitrogen and oxygen atoms in total. The number of aliphatic hydroxyl groups is 1. The molecule has 0 unspecified atom stereocenters. The molecule has 1 aliphatic rings. The van der Waals surface area contributed by atoms with Crippen LogP contribution in [0.15, 0.2) is 30.3 Å². The van der Waals surface area contributed by atoms with Crippen LogP contribution < -0.4 is 0 Å². The van der Waals surface area contributed by atoms with Gasteiger partial charge in [-0.25, -0.2) is 0 Å². The van der Waals surface area contributed by atoms with E-state index in [1.165, 1.54) is 0 Å². The predicted molar refractivity (Wildman–Crippen MR) is 61.2 cm³/mol. The Bertz CT molecular complexity index is 300. The smallest absolute Gasteiger partial charge is 0.0940 e. The summed E-state index contributed by atoms with van der Waals surface area (Å²) in [5, 5.41) is 10.6. The molecular weight excluding hydrogens is 204 g/mol. The Kier molecular flexibility index (Phi) is 3.93. The van der Waals surface area contributed by atoms with E-state index in [1.807, 2.05) is 30.3 Å². The van der Waals surface area contributed by atoms with Crippen molar-refractivity contribution in [3.05, 3.63) is 35.9 Å². The number of hydrogen-bond acceptors (Lipinski definition) is 3. The Balaban J connectivity index is 2.13. The largest absolute Gasteiger partial charge is 0.385 e. The van der Waals surface area contributed by atoms with Gasteiger partial charge in [-0.15, -0.1) is 0 Å². The van der Waals surface area contributed by atoms with Crippen LogP contribution in [-0.2, 0) is 15.1 Å². The molecule has 1 aromatic carbocycles. The first-order valence-electron chi connectivity index (χ1n) is 5.75. The number of rotatable bonds is 1. The van der Waals surface area contributed by atoms with Gasteiger partial charge in [-0.1, -0.05) is 30.3 Å². The maximum Gasteiger partial charge on any atom is 0.0940 e. The molecule has 0 aromatic heterocycles. The second-order valence-corrected chi connectivity index (χ2v) is 4.12. The fraction of sp³-hybridized carbons (Fsp3) is 0.538. The summed E-state index contributed by atoms with van der Waals surface area (Å²) >= 11 is 0. The van der Waals surface area contributed by atoms with Gasteiger partial charge in [-0.3, -0.25) is 0 Å². The predicted octanol–water partition coefficient (Wildman–Crippen LogP) is 1.70. The molecule has 0 amide bonds. The molecule has 0 radical (unpaired) electrons. The van der Waals surface area contributed by atoms with Crippen LogP contribution in [0.2, 0.25) is 0 Å². The van der Waals surface area contributed by atoms with Crippen LogP contribution >= 0.6 is 0 Å². The molecule has 3 heteroatoms. The van der Waals surface area contributed by atoms with Crippen LogP contribution in [0.25, 0.3) is 0 Å². The zero-order chi connectivity index (χ0) is 11.3. The van der Waals surface area contributed by atoms with Crippen LogP contribution in [0.3, 0.4) is 0 Å². The van der Waals surface area contributed by atoms with Gasteiger partial charge < -0.3 is 14.6 Å². The summed E-state index contributed by atoms with van der Waals surface area (Å²) in [5.74, 6) is 0. The maximum atomic E-state index is 10.6. The van der Waals surface area contributed by atoms with Crippen LogP contribution in [0.5, 0.6) is 0 Å². The van der Waals surface area contributed by atoms with Crippen molar-refractivity contribution in [3.63, 3.8) is 0 Å². The molecule has 2 rings (SSSR count). The van der Waals surface area contributed by atoms with Crippen molar-refractivity contribution in [2.75, 3.05) is 26.4 Å². The molecule has 88 valence electrons. The molecule has 0 saturated carbocycles. The van der Waals surface area contributed by atoms with E-state index in [9.17, 15) is 5.11 Å². The summed E-state index contributed by atoms with van der Waals surface area (Å²) in [5.41, 5.74) is 0.134. The molecule has 1 aliphatic heterocycles. The van der Waals surface area contributed by atoms with E-state index >= 15 is 0 Å². The first-order valence-corrected chi connectivity index (χ1v) is 5.75. The van der Waals surface area contributed by atoms with Crippen molar-refractivity contribution < 1.29 is 14.6 Å². The van der Waals surface area contributed by atoms with Crippen molar-refractivity contribution in [1.29, 1.82) is 0 Å². The summed E-state index contributed by atoms with van der Waals surface area (Å²) in [6.45, 7) is 2.39. The SMILES string of the molecule is OC1(c2ccccc2)CCOCCOCC1. The second kappa shape index (κ2) is 5.43. The summed E-state index contributed by atoms with van der Waals surface area (Å²) in [7, 11) is 0. The Hall–Kier alpha value is -0.900. The van der Waals surface area contributed by atoms with E-state index in [0.29, 0.717) is 39.3 Å². The fourth-order valence-electron chi connectivity index (χ4n) is 1.97. The standard InChI is InChI=1S/C13H18O3/c14-13(12-4-2-1-3-5-12)6-8-15-10-11-16-9-7-13/h1-5,14H,6-11H2. The van der Waals surface area contributed by atoms with Gasteiger partial charge in [0.25, 0.3) is 0 Å². The highest BCUT2D eigenvalue weighted by atomic mass is 16.5. The van der Waals surface area contributed by atoms with Crippen molar-refractivity contribution in [2.45, 2.75) is 18.4 Å². The summed E-state index contributed by atoms with van der Waals surface area (Å²) in [6, 6.07) is 9.76. The zero-order valence-corrected chi connectivity index (χ0v) is 9.39. The first kappa shape index (κ1) is 11.6. The second-order valence-electron chi connectivity index (χ2n) is 4.12. The minimum Gasteiger partial charge on any atom is -0.385 e. The molecule has 0 spiro atoms. The molecule has 1 heterocycles. The molecule has 1 N–H and O–H groups in total. The molecule has 1 aromatic rings. The Morgan fingerprint density at radius 3 is 2.00 bits per heavy atom. The lowest BCUT2D eigenvalue weighted by molar-refractivity contribution is -0.0102. The highest BCUT2D eigenvalue weighted by molar-refractivity contribution is 5.22. The topological polar surface area (TPSA) is 38.7 Å². The van der Waals surface area contributed by atoms with Crippen molar-refractivity contribution in [3.8, 4) is 0 Å². The van der Waals surface area contributed by atoms with E-state index in [2.05, 4.69) is 0 Å². The van der Waals surface area contributed by atoms with E-state index in [4.69, 9.17) is 9.47 Å². The van der Waals surface area contributed by atoms with Gasteiger partial charge in [0.15, 0.2) is 0 Å². The summed E-state index contributed by atoms with van der Waals surface area (Å²) in [4.78, 5) is 0. The number of benzene rings is 1. The average Bonchev–Trinajstić information content (AvgIpc) is 2.43. The molecular formula is C13H18O3. The summed E-state index contributed by atoms with van der Waals surface area (Å²) < 4.78 is 10.8. The van der Waals surface area contributed by atoms with E-state index in [-0.39, 0.29) is 0 Å². The van der Waals surface area contributed by atoms with E-state index < -0.39 is 5.60 Å². The van der Waals surface area contributed by atoms with Crippen molar-refractivity contribution in [1.82, 2.24) is 0 Å². The molecule has 0 atom stereocenters. The summed E-state index contributed by atoms with van der Waals surface area (Å²) in [6.07, 6.45) is 1.25. The van der Waals surface area contributed by atoms with Gasteiger partial charge in [-0.05, 0) is 5.56 Å². The molecule has 1 fully saturated rings. The van der Waals surface area contributed by atoms with Crippen LogP contribution in [0.1, 0.15) is 18.4 Å². The lowest BCUT2D eigenvalue weighted by Gasteiger charge is -2.27. The lowest BCUT2D eigenvalue weighted by atomic mass is 9.88. The highest BCUT2D eigenvalue weighted by Crippen LogP contribution is 2.29. The van der Waals surface area contributed by atoms with Crippen molar-refractivity contribution >= 4 is 0 Å². The Labute approximate surface area is 96.0 Å². The lowest BCUT2D eigenvalue weighted by Crippen LogP contribution is -2.28.